The number of rotatable bonds is 6. The highest BCUT2D eigenvalue weighted by atomic mass is 16.4. The summed E-state index contributed by atoms with van der Waals surface area (Å²) in [7, 11) is 0. The Morgan fingerprint density at radius 3 is 2.95 bits per heavy atom. The maximum Gasteiger partial charge on any atom is 0.303 e. The third-order valence-electron chi connectivity index (χ3n) is 3.82. The fraction of sp³-hybridized carbons (Fsp3) is 0.500. The number of carboxylic acids is 1. The van der Waals surface area contributed by atoms with Gasteiger partial charge in [0.1, 0.15) is 0 Å². The van der Waals surface area contributed by atoms with Gasteiger partial charge in [0, 0.05) is 24.7 Å². The molecule has 0 spiro atoms. The molecule has 1 aliphatic heterocycles. The first-order chi connectivity index (χ1) is 10.1. The Hall–Kier alpha value is -2.04. The van der Waals surface area contributed by atoms with E-state index in [0.29, 0.717) is 12.8 Å². The molecule has 1 aromatic carbocycles. The summed E-state index contributed by atoms with van der Waals surface area (Å²) in [5.74, 6) is -0.878. The second-order valence-electron chi connectivity index (χ2n) is 5.55. The highest BCUT2D eigenvalue weighted by Gasteiger charge is 2.26. The summed E-state index contributed by atoms with van der Waals surface area (Å²) in [6.45, 7) is 2.72. The van der Waals surface area contributed by atoms with E-state index in [2.05, 4.69) is 10.6 Å². The van der Waals surface area contributed by atoms with E-state index < -0.39 is 5.97 Å². The lowest BCUT2D eigenvalue weighted by atomic mass is 9.90. The minimum Gasteiger partial charge on any atom is -0.481 e. The number of hydrogen-bond acceptors (Lipinski definition) is 3. The van der Waals surface area contributed by atoms with E-state index in [1.807, 2.05) is 31.2 Å². The summed E-state index contributed by atoms with van der Waals surface area (Å²) in [5.41, 5.74) is 2.07. The van der Waals surface area contributed by atoms with Crippen molar-refractivity contribution in [3.8, 4) is 0 Å². The largest absolute Gasteiger partial charge is 0.481 e. The van der Waals surface area contributed by atoms with Gasteiger partial charge in [0.15, 0.2) is 0 Å². The first-order valence-electron chi connectivity index (χ1n) is 7.43. The molecule has 1 aromatic rings. The molecular formula is C16H22N2O3. The molecule has 1 amide bonds. The third kappa shape index (κ3) is 4.21. The first-order valence-corrected chi connectivity index (χ1v) is 7.43. The molecule has 0 saturated heterocycles. The number of nitrogens with one attached hydrogen (secondary N) is 2. The number of carbonyl (C=O) groups is 2. The summed E-state index contributed by atoms with van der Waals surface area (Å²) in [6, 6.07) is 7.88. The smallest absolute Gasteiger partial charge is 0.303 e. The maximum absolute atomic E-state index is 12.4. The van der Waals surface area contributed by atoms with Crippen LogP contribution in [-0.4, -0.2) is 29.6 Å². The summed E-state index contributed by atoms with van der Waals surface area (Å²) in [4.78, 5) is 22.9. The van der Waals surface area contributed by atoms with Gasteiger partial charge in [-0.2, -0.15) is 0 Å². The van der Waals surface area contributed by atoms with Gasteiger partial charge in [-0.05, 0) is 37.8 Å². The van der Waals surface area contributed by atoms with E-state index in [9.17, 15) is 9.59 Å². The maximum atomic E-state index is 12.4. The molecule has 5 heteroatoms. The van der Waals surface area contributed by atoms with Gasteiger partial charge in [-0.25, -0.2) is 0 Å². The topological polar surface area (TPSA) is 78.4 Å². The number of carbonyl (C=O) groups excluding carboxylic acids is 1. The molecule has 2 rings (SSSR count). The van der Waals surface area contributed by atoms with Crippen molar-refractivity contribution in [2.75, 3.05) is 11.9 Å². The lowest BCUT2D eigenvalue weighted by Crippen LogP contribution is -2.38. The van der Waals surface area contributed by atoms with Crippen LogP contribution >= 0.6 is 0 Å². The molecule has 0 bridgehead atoms. The van der Waals surface area contributed by atoms with Crippen LogP contribution in [0.25, 0.3) is 0 Å². The molecule has 0 fully saturated rings. The molecular weight excluding hydrogens is 268 g/mol. The normalized spacial score (nSPS) is 18.2. The SMILES string of the molecule is CC(CCCC(=O)O)NC(=O)C1CCNc2ccccc21. The Balaban J connectivity index is 1.90. The summed E-state index contributed by atoms with van der Waals surface area (Å²) < 4.78 is 0. The van der Waals surface area contributed by atoms with Crippen LogP contribution in [0.2, 0.25) is 0 Å². The molecule has 2 unspecified atom stereocenters. The quantitative estimate of drug-likeness (QED) is 0.751. The zero-order valence-electron chi connectivity index (χ0n) is 12.3. The van der Waals surface area contributed by atoms with E-state index in [4.69, 9.17) is 5.11 Å². The predicted molar refractivity (Wildman–Crippen MR) is 81.4 cm³/mol. The molecule has 0 aromatic heterocycles. The fourth-order valence-electron chi connectivity index (χ4n) is 2.72. The Kier molecular flexibility index (Phi) is 5.20. The molecule has 3 N–H and O–H groups in total. The van der Waals surface area contributed by atoms with Crippen LogP contribution in [0.15, 0.2) is 24.3 Å². The summed E-state index contributed by atoms with van der Waals surface area (Å²) in [5, 5.41) is 14.9. The minimum absolute atomic E-state index is 0.00102. The van der Waals surface area contributed by atoms with E-state index in [1.54, 1.807) is 0 Å². The number of aliphatic carboxylic acids is 1. The number of amides is 1. The van der Waals surface area contributed by atoms with Gasteiger partial charge in [-0.15, -0.1) is 0 Å². The molecule has 114 valence electrons. The van der Waals surface area contributed by atoms with Crippen molar-refractivity contribution in [2.24, 2.45) is 0 Å². The lowest BCUT2D eigenvalue weighted by Gasteiger charge is -2.27. The van der Waals surface area contributed by atoms with Crippen LogP contribution < -0.4 is 10.6 Å². The number of benzene rings is 1. The second kappa shape index (κ2) is 7.11. The lowest BCUT2D eigenvalue weighted by molar-refractivity contribution is -0.137. The molecule has 0 saturated carbocycles. The molecule has 2 atom stereocenters. The Morgan fingerprint density at radius 1 is 1.43 bits per heavy atom. The first kappa shape index (κ1) is 15.4. The Bertz CT molecular complexity index is 516. The van der Waals surface area contributed by atoms with Gasteiger partial charge >= 0.3 is 5.97 Å². The number of fused-ring (bicyclic) bond motifs is 1. The van der Waals surface area contributed by atoms with Crippen molar-refractivity contribution in [3.63, 3.8) is 0 Å². The molecule has 1 heterocycles. The Morgan fingerprint density at radius 2 is 2.19 bits per heavy atom. The number of anilines is 1. The number of hydrogen-bond donors (Lipinski definition) is 3. The van der Waals surface area contributed by atoms with Crippen molar-refractivity contribution in [2.45, 2.75) is 44.6 Å². The molecule has 1 aliphatic rings. The van der Waals surface area contributed by atoms with E-state index >= 15 is 0 Å². The highest BCUT2D eigenvalue weighted by Crippen LogP contribution is 2.31. The van der Waals surface area contributed by atoms with Crippen molar-refractivity contribution >= 4 is 17.6 Å². The van der Waals surface area contributed by atoms with Gasteiger partial charge in [0.05, 0.1) is 5.92 Å². The summed E-state index contributed by atoms with van der Waals surface area (Å²) >= 11 is 0. The summed E-state index contributed by atoms with van der Waals surface area (Å²) in [6.07, 6.45) is 2.20. The van der Waals surface area contributed by atoms with Gasteiger partial charge < -0.3 is 15.7 Å². The number of para-hydroxylation sites is 1. The molecule has 0 aliphatic carbocycles. The van der Waals surface area contributed by atoms with Crippen molar-refractivity contribution < 1.29 is 14.7 Å². The zero-order chi connectivity index (χ0) is 15.2. The highest BCUT2D eigenvalue weighted by molar-refractivity contribution is 5.86. The van der Waals surface area contributed by atoms with Gasteiger partial charge in [0.2, 0.25) is 5.91 Å². The Labute approximate surface area is 124 Å². The van der Waals surface area contributed by atoms with Crippen LogP contribution in [0.4, 0.5) is 5.69 Å². The van der Waals surface area contributed by atoms with E-state index in [1.165, 1.54) is 0 Å². The van der Waals surface area contributed by atoms with Crippen LogP contribution in [-0.2, 0) is 9.59 Å². The van der Waals surface area contributed by atoms with E-state index in [-0.39, 0.29) is 24.3 Å². The average Bonchev–Trinajstić information content (AvgIpc) is 2.46. The average molecular weight is 290 g/mol. The van der Waals surface area contributed by atoms with Crippen molar-refractivity contribution in [1.29, 1.82) is 0 Å². The van der Waals surface area contributed by atoms with Crippen LogP contribution in [0.1, 0.15) is 44.1 Å². The third-order valence-corrected chi connectivity index (χ3v) is 3.82. The standard InChI is InChI=1S/C16H22N2O3/c1-11(5-4-8-15(19)20)18-16(21)13-9-10-17-14-7-3-2-6-12(13)14/h2-3,6-7,11,13,17H,4-5,8-10H2,1H3,(H,18,21)(H,19,20). The van der Waals surface area contributed by atoms with Gasteiger partial charge in [0.25, 0.3) is 0 Å². The molecule has 5 nitrogen and oxygen atoms in total. The van der Waals surface area contributed by atoms with Crippen LogP contribution in [0, 0.1) is 0 Å². The molecule has 21 heavy (non-hydrogen) atoms. The van der Waals surface area contributed by atoms with Crippen LogP contribution in [0.5, 0.6) is 0 Å². The van der Waals surface area contributed by atoms with Gasteiger partial charge in [-0.1, -0.05) is 18.2 Å². The predicted octanol–water partition coefficient (Wildman–Crippen LogP) is 2.35. The van der Waals surface area contributed by atoms with Crippen molar-refractivity contribution in [3.05, 3.63) is 29.8 Å². The van der Waals surface area contributed by atoms with Crippen molar-refractivity contribution in [1.82, 2.24) is 5.32 Å². The second-order valence-corrected chi connectivity index (χ2v) is 5.55. The van der Waals surface area contributed by atoms with Gasteiger partial charge in [-0.3, -0.25) is 9.59 Å². The van der Waals surface area contributed by atoms with E-state index in [0.717, 1.165) is 24.2 Å². The zero-order valence-corrected chi connectivity index (χ0v) is 12.3. The number of carboxylic acid groups (broad SMARTS) is 1. The van der Waals surface area contributed by atoms with Crippen LogP contribution in [0.3, 0.4) is 0 Å². The monoisotopic (exact) mass is 290 g/mol. The fourth-order valence-corrected chi connectivity index (χ4v) is 2.72. The molecule has 0 radical (unpaired) electrons. The minimum atomic E-state index is -0.791.